The molecule has 1 aliphatic rings. The fourth-order valence-electron chi connectivity index (χ4n) is 3.09. The lowest BCUT2D eigenvalue weighted by atomic mass is 10.1. The minimum Gasteiger partial charge on any atom is -0.494 e. The predicted octanol–water partition coefficient (Wildman–Crippen LogP) is 2.13. The quantitative estimate of drug-likeness (QED) is 0.522. The lowest BCUT2D eigenvalue weighted by Gasteiger charge is -2.14. The Bertz CT molecular complexity index is 811. The summed E-state index contributed by atoms with van der Waals surface area (Å²) in [7, 11) is 0. The summed E-state index contributed by atoms with van der Waals surface area (Å²) in [5.41, 5.74) is 6.66. The van der Waals surface area contributed by atoms with Gasteiger partial charge in [0.25, 0.3) is 0 Å². The van der Waals surface area contributed by atoms with E-state index in [0.717, 1.165) is 17.9 Å². The third kappa shape index (κ3) is 4.69. The first-order valence-corrected chi connectivity index (χ1v) is 8.86. The van der Waals surface area contributed by atoms with Gasteiger partial charge in [0.15, 0.2) is 11.5 Å². The number of ether oxygens (including phenoxy) is 1. The summed E-state index contributed by atoms with van der Waals surface area (Å²) >= 11 is 0. The molecule has 0 spiro atoms. The molecule has 1 aromatic carbocycles. The Balaban J connectivity index is 1.71. The smallest absolute Gasteiger partial charge is 0.306 e. The molecule has 1 saturated carbocycles. The maximum Gasteiger partial charge on any atom is 0.306 e. The van der Waals surface area contributed by atoms with Crippen molar-refractivity contribution >= 4 is 29.1 Å². The van der Waals surface area contributed by atoms with E-state index >= 15 is 0 Å². The van der Waals surface area contributed by atoms with E-state index in [9.17, 15) is 4.79 Å². The van der Waals surface area contributed by atoms with Crippen molar-refractivity contribution in [1.29, 1.82) is 0 Å². The van der Waals surface area contributed by atoms with Crippen LogP contribution in [0.2, 0.25) is 0 Å². The zero-order valence-electron chi connectivity index (χ0n) is 15.1. The Morgan fingerprint density at radius 1 is 1.37 bits per heavy atom. The second kappa shape index (κ2) is 8.43. The van der Waals surface area contributed by atoms with E-state index in [1.807, 2.05) is 31.2 Å². The monoisotopic (exact) mass is 371 g/mol. The number of nitrogens with one attached hydrogen (secondary N) is 2. The van der Waals surface area contributed by atoms with E-state index in [0.29, 0.717) is 36.9 Å². The molecule has 0 bridgehead atoms. The standard InChI is InChI=1S/C18H22N6O3/c1-2-27-14-7-5-12(6-8-14)21-16-15(24-19)10-20-18(23-16)22-13-4-3-11(9-13)17(25)26/h5-8,10-11,13,19H,2-4,9H2,1H3,(H,25,26)(H2,20,21,22,23)/p+1/t11-,13-/m1/s1. The van der Waals surface area contributed by atoms with Crippen LogP contribution in [0.3, 0.4) is 0 Å². The zero-order chi connectivity index (χ0) is 19.2. The Kier molecular flexibility index (Phi) is 5.80. The van der Waals surface area contributed by atoms with Crippen molar-refractivity contribution in [2.45, 2.75) is 32.2 Å². The summed E-state index contributed by atoms with van der Waals surface area (Å²) in [4.78, 5) is 19.8. The van der Waals surface area contributed by atoms with Crippen LogP contribution in [0.4, 0.5) is 23.1 Å². The zero-order valence-corrected chi connectivity index (χ0v) is 15.1. The lowest BCUT2D eigenvalue weighted by molar-refractivity contribution is -0.210. The van der Waals surface area contributed by atoms with E-state index in [1.165, 1.54) is 6.20 Å². The molecule has 9 heteroatoms. The third-order valence-corrected chi connectivity index (χ3v) is 4.45. The minimum absolute atomic E-state index is 0.0325. The molecule has 27 heavy (non-hydrogen) atoms. The molecule has 3 rings (SSSR count). The van der Waals surface area contributed by atoms with E-state index in [2.05, 4.69) is 25.7 Å². The minimum atomic E-state index is -0.754. The maximum atomic E-state index is 11.1. The fraction of sp³-hybridized carbons (Fsp3) is 0.389. The molecule has 1 fully saturated rings. The van der Waals surface area contributed by atoms with Gasteiger partial charge in [-0.3, -0.25) is 4.79 Å². The van der Waals surface area contributed by atoms with Gasteiger partial charge >= 0.3 is 5.97 Å². The van der Waals surface area contributed by atoms with Gasteiger partial charge in [0.1, 0.15) is 5.75 Å². The number of nitrogens with two attached hydrogens (primary N) is 1. The number of carbonyl (C=O) groups is 1. The van der Waals surface area contributed by atoms with Gasteiger partial charge < -0.3 is 20.5 Å². The molecule has 0 radical (unpaired) electrons. The highest BCUT2D eigenvalue weighted by atomic mass is 16.5. The van der Waals surface area contributed by atoms with Gasteiger partial charge in [-0.15, -0.1) is 0 Å². The fourth-order valence-corrected chi connectivity index (χ4v) is 3.09. The molecule has 1 aromatic heterocycles. The molecule has 1 aliphatic carbocycles. The van der Waals surface area contributed by atoms with Crippen molar-refractivity contribution < 1.29 is 20.2 Å². The Hall–Kier alpha value is -3.23. The van der Waals surface area contributed by atoms with Crippen molar-refractivity contribution in [3.05, 3.63) is 30.5 Å². The van der Waals surface area contributed by atoms with E-state index in [4.69, 9.17) is 15.4 Å². The largest absolute Gasteiger partial charge is 0.494 e. The number of aliphatic carboxylic acids is 1. The predicted molar refractivity (Wildman–Crippen MR) is 99.3 cm³/mol. The van der Waals surface area contributed by atoms with Crippen LogP contribution in [0.25, 0.3) is 0 Å². The number of hydrogen-bond donors (Lipinski definition) is 4. The topological polar surface area (TPSA) is 134 Å². The summed E-state index contributed by atoms with van der Waals surface area (Å²) in [6.07, 6.45) is 3.50. The molecule has 2 atom stereocenters. The van der Waals surface area contributed by atoms with Crippen LogP contribution in [-0.4, -0.2) is 33.7 Å². The van der Waals surface area contributed by atoms with Crippen LogP contribution in [-0.2, 0) is 4.79 Å². The third-order valence-electron chi connectivity index (χ3n) is 4.45. The number of hydrogen-bond acceptors (Lipinski definition) is 7. The van der Waals surface area contributed by atoms with E-state index in [-0.39, 0.29) is 12.0 Å². The van der Waals surface area contributed by atoms with Gasteiger partial charge in [0.05, 0.1) is 18.7 Å². The van der Waals surface area contributed by atoms with Crippen molar-refractivity contribution in [3.63, 3.8) is 0 Å². The summed E-state index contributed by atoms with van der Waals surface area (Å²) in [6.45, 7) is 2.54. The van der Waals surface area contributed by atoms with Crippen LogP contribution >= 0.6 is 0 Å². The maximum absolute atomic E-state index is 11.1. The number of aromatic nitrogens is 2. The number of anilines is 3. The highest BCUT2D eigenvalue weighted by molar-refractivity contribution is 5.71. The average Bonchev–Trinajstić information content (AvgIpc) is 3.13. The second-order valence-corrected chi connectivity index (χ2v) is 6.33. The molecule has 1 heterocycles. The van der Waals surface area contributed by atoms with Crippen molar-refractivity contribution in [1.82, 2.24) is 9.97 Å². The molecule has 0 saturated heterocycles. The van der Waals surface area contributed by atoms with Crippen LogP contribution < -0.4 is 20.9 Å². The first-order valence-electron chi connectivity index (χ1n) is 8.86. The number of carboxylic acids is 1. The number of rotatable bonds is 8. The van der Waals surface area contributed by atoms with Crippen molar-refractivity contribution in [2.24, 2.45) is 11.0 Å². The van der Waals surface area contributed by atoms with Crippen molar-refractivity contribution in [2.75, 3.05) is 17.2 Å². The second-order valence-electron chi connectivity index (χ2n) is 6.33. The number of carboxylic acid groups (broad SMARTS) is 1. The van der Waals surface area contributed by atoms with Gasteiger partial charge in [-0.25, -0.2) is 4.98 Å². The molecule has 9 nitrogen and oxygen atoms in total. The average molecular weight is 371 g/mol. The summed E-state index contributed by atoms with van der Waals surface area (Å²) < 4.78 is 5.43. The van der Waals surface area contributed by atoms with Gasteiger partial charge in [-0.05, 0) is 55.6 Å². The molecular formula is C18H23N6O3+. The molecule has 0 amide bonds. The molecule has 5 N–H and O–H groups in total. The Labute approximate surface area is 156 Å². The van der Waals surface area contributed by atoms with Gasteiger partial charge in [0.2, 0.25) is 5.95 Å². The first kappa shape index (κ1) is 18.6. The number of nitrogens with zero attached hydrogens (tertiary/aromatic N) is 3. The van der Waals surface area contributed by atoms with Crippen LogP contribution in [0.15, 0.2) is 35.6 Å². The van der Waals surface area contributed by atoms with Crippen molar-refractivity contribution in [3.8, 4) is 5.75 Å². The SMILES string of the molecule is CCOc1ccc(Nc2nc(N[C@@H]3CC[C@@H](C(=O)O)C3)ncc2N=[NH2+])cc1. The van der Waals surface area contributed by atoms with Gasteiger partial charge in [0, 0.05) is 11.7 Å². The van der Waals surface area contributed by atoms with Gasteiger partial charge in [-0.1, -0.05) is 0 Å². The summed E-state index contributed by atoms with van der Waals surface area (Å²) in [6, 6.07) is 7.49. The van der Waals surface area contributed by atoms with Crippen LogP contribution in [0.5, 0.6) is 5.75 Å². The summed E-state index contributed by atoms with van der Waals surface area (Å²) in [5.74, 6) is 0.586. The van der Waals surface area contributed by atoms with Gasteiger partial charge in [-0.2, -0.15) is 10.5 Å². The Morgan fingerprint density at radius 3 is 2.78 bits per heavy atom. The molecular weight excluding hydrogens is 348 g/mol. The van der Waals surface area contributed by atoms with Crippen LogP contribution in [0, 0.1) is 5.92 Å². The van der Waals surface area contributed by atoms with Crippen LogP contribution in [0.1, 0.15) is 26.2 Å². The highest BCUT2D eigenvalue weighted by Gasteiger charge is 2.30. The molecule has 0 unspecified atom stereocenters. The first-order chi connectivity index (χ1) is 13.1. The van der Waals surface area contributed by atoms with E-state index in [1.54, 1.807) is 0 Å². The lowest BCUT2D eigenvalue weighted by Crippen LogP contribution is -2.23. The Morgan fingerprint density at radius 2 is 2.15 bits per heavy atom. The summed E-state index contributed by atoms with van der Waals surface area (Å²) in [5, 5.41) is 19.2. The molecule has 2 aromatic rings. The number of benzene rings is 1. The highest BCUT2D eigenvalue weighted by Crippen LogP contribution is 2.30. The normalized spacial score (nSPS) is 18.7. The molecule has 142 valence electrons. The molecule has 0 aliphatic heterocycles. The van der Waals surface area contributed by atoms with E-state index < -0.39 is 5.97 Å².